The Morgan fingerprint density at radius 2 is 2.11 bits per heavy atom. The van der Waals surface area contributed by atoms with Crippen LogP contribution in [-0.4, -0.2) is 51.8 Å². The van der Waals surface area contributed by atoms with Crippen molar-refractivity contribution in [1.29, 1.82) is 0 Å². The van der Waals surface area contributed by atoms with Gasteiger partial charge in [0.25, 0.3) is 5.91 Å². The fourth-order valence-electron chi connectivity index (χ4n) is 3.36. The number of aromatic nitrogens is 3. The van der Waals surface area contributed by atoms with E-state index in [0.717, 1.165) is 32.1 Å². The Bertz CT molecular complexity index is 918. The molecule has 27 heavy (non-hydrogen) atoms. The van der Waals surface area contributed by atoms with E-state index in [1.54, 1.807) is 23.2 Å². The van der Waals surface area contributed by atoms with E-state index in [2.05, 4.69) is 22.0 Å². The lowest BCUT2D eigenvalue weighted by atomic mass is 10.0. The molecule has 1 saturated heterocycles. The number of amides is 1. The molecule has 0 spiro atoms. The number of hydrogen-bond donors (Lipinski definition) is 0. The summed E-state index contributed by atoms with van der Waals surface area (Å²) in [5.74, 6) is 0.0294. The number of anilines is 1. The molecule has 0 radical (unpaired) electrons. The fourth-order valence-corrected chi connectivity index (χ4v) is 4.02. The van der Waals surface area contributed by atoms with E-state index in [-0.39, 0.29) is 11.9 Å². The van der Waals surface area contributed by atoms with Gasteiger partial charge in [-0.3, -0.25) is 14.7 Å². The summed E-state index contributed by atoms with van der Waals surface area (Å²) in [5, 5.41) is 6.41. The maximum absolute atomic E-state index is 14.1. The molecule has 1 amide bonds. The molecule has 0 aliphatic carbocycles. The number of halogens is 1. The second-order valence-electron chi connectivity index (χ2n) is 6.63. The Labute approximate surface area is 160 Å². The molecule has 0 unspecified atom stereocenters. The van der Waals surface area contributed by atoms with Crippen molar-refractivity contribution in [2.24, 2.45) is 0 Å². The van der Waals surface area contributed by atoms with E-state index < -0.39 is 5.82 Å². The smallest absolute Gasteiger partial charge is 0.269 e. The summed E-state index contributed by atoms with van der Waals surface area (Å²) in [4.78, 5) is 21.7. The number of carbonyl (C=O) groups excluding carboxylic acids is 1. The molecule has 1 aliphatic heterocycles. The van der Waals surface area contributed by atoms with E-state index in [0.29, 0.717) is 16.4 Å². The number of hydrogen-bond acceptors (Lipinski definition) is 5. The van der Waals surface area contributed by atoms with Crippen LogP contribution in [0, 0.1) is 5.82 Å². The third-order valence-corrected chi connectivity index (χ3v) is 5.68. The van der Waals surface area contributed by atoms with E-state index in [1.165, 1.54) is 22.2 Å². The van der Waals surface area contributed by atoms with Crippen molar-refractivity contribution in [2.45, 2.75) is 18.9 Å². The first-order chi connectivity index (χ1) is 13.1. The van der Waals surface area contributed by atoms with Crippen molar-refractivity contribution in [3.05, 3.63) is 58.9 Å². The maximum atomic E-state index is 14.1. The molecule has 1 fully saturated rings. The summed E-state index contributed by atoms with van der Waals surface area (Å²) in [6, 6.07) is 7.10. The number of pyridine rings is 1. The molecule has 1 aliphatic rings. The molecular weight excluding hydrogens is 365 g/mol. The lowest BCUT2D eigenvalue weighted by Crippen LogP contribution is -2.47. The Balaban J connectivity index is 1.69. The number of nitrogens with zero attached hydrogens (tertiary/aromatic N) is 5. The summed E-state index contributed by atoms with van der Waals surface area (Å²) in [6.45, 7) is 1.86. The van der Waals surface area contributed by atoms with Crippen molar-refractivity contribution >= 4 is 23.1 Å². The number of piperidine rings is 1. The normalized spacial score (nSPS) is 15.8. The van der Waals surface area contributed by atoms with Gasteiger partial charge in [0, 0.05) is 24.5 Å². The summed E-state index contributed by atoms with van der Waals surface area (Å²) in [7, 11) is 2.09. The van der Waals surface area contributed by atoms with E-state index in [9.17, 15) is 9.18 Å². The highest BCUT2D eigenvalue weighted by Gasteiger charge is 2.31. The molecule has 6 nitrogen and oxygen atoms in total. The molecule has 8 heteroatoms. The van der Waals surface area contributed by atoms with Gasteiger partial charge in [-0.15, -0.1) is 16.4 Å². The van der Waals surface area contributed by atoms with Crippen LogP contribution in [0.1, 0.15) is 22.5 Å². The van der Waals surface area contributed by atoms with Gasteiger partial charge in [-0.25, -0.2) is 9.07 Å². The molecular formula is C19H20FN5OS. The monoisotopic (exact) mass is 385 g/mol. The van der Waals surface area contributed by atoms with Gasteiger partial charge >= 0.3 is 0 Å². The highest BCUT2D eigenvalue weighted by Crippen LogP contribution is 2.26. The highest BCUT2D eigenvalue weighted by molar-refractivity contribution is 7.12. The molecule has 0 bridgehead atoms. The van der Waals surface area contributed by atoms with E-state index >= 15 is 0 Å². The van der Waals surface area contributed by atoms with Crippen molar-refractivity contribution in [2.75, 3.05) is 25.0 Å². The number of likely N-dealkylation sites (tertiary alicyclic amines) is 1. The fraction of sp³-hybridized carbons (Fsp3) is 0.316. The van der Waals surface area contributed by atoms with Gasteiger partial charge in [0.2, 0.25) is 0 Å². The quantitative estimate of drug-likeness (QED) is 0.692. The summed E-state index contributed by atoms with van der Waals surface area (Å²) >= 11 is 1.42. The van der Waals surface area contributed by atoms with Gasteiger partial charge < -0.3 is 4.90 Å². The first-order valence-electron chi connectivity index (χ1n) is 8.84. The average Bonchev–Trinajstić information content (AvgIpc) is 3.36. The summed E-state index contributed by atoms with van der Waals surface area (Å²) < 4.78 is 15.5. The van der Waals surface area contributed by atoms with Crippen molar-refractivity contribution in [3.8, 4) is 5.69 Å². The molecule has 3 aromatic heterocycles. The highest BCUT2D eigenvalue weighted by atomic mass is 32.1. The number of thiophene rings is 1. The molecule has 0 aromatic carbocycles. The predicted molar refractivity (Wildman–Crippen MR) is 103 cm³/mol. The molecule has 3 aromatic rings. The van der Waals surface area contributed by atoms with Crippen LogP contribution in [0.15, 0.2) is 48.2 Å². The zero-order valence-corrected chi connectivity index (χ0v) is 15.8. The van der Waals surface area contributed by atoms with Crippen LogP contribution in [0.2, 0.25) is 0 Å². The van der Waals surface area contributed by atoms with Gasteiger partial charge in [0.1, 0.15) is 5.69 Å². The zero-order valence-electron chi connectivity index (χ0n) is 15.0. The maximum Gasteiger partial charge on any atom is 0.269 e. The van der Waals surface area contributed by atoms with Crippen LogP contribution in [0.3, 0.4) is 0 Å². The molecule has 4 heterocycles. The Kier molecular flexibility index (Phi) is 5.00. The minimum atomic E-state index is -0.456. The van der Waals surface area contributed by atoms with Crippen molar-refractivity contribution < 1.29 is 9.18 Å². The van der Waals surface area contributed by atoms with E-state index in [1.807, 2.05) is 17.5 Å². The van der Waals surface area contributed by atoms with Crippen LogP contribution in [0.25, 0.3) is 5.69 Å². The first kappa shape index (κ1) is 17.8. The van der Waals surface area contributed by atoms with Crippen LogP contribution in [0.4, 0.5) is 10.2 Å². The average molecular weight is 385 g/mol. The Morgan fingerprint density at radius 1 is 1.30 bits per heavy atom. The lowest BCUT2D eigenvalue weighted by molar-refractivity contribution is 0.0966. The Hall–Kier alpha value is -2.58. The predicted octanol–water partition coefficient (Wildman–Crippen LogP) is 3.21. The standard InChI is InChI=1S/C19H20FN5OS/c1-23-9-5-14(6-10-23)25(19(26)17-3-2-12-27-17)18-7-11-24(22-18)16-4-8-21-13-15(16)20/h2-4,7-8,11-14H,5-6,9-10H2,1H3. The molecule has 0 N–H and O–H groups in total. The minimum absolute atomic E-state index is 0.0556. The van der Waals surface area contributed by atoms with Gasteiger partial charge in [-0.05, 0) is 50.5 Å². The molecule has 4 rings (SSSR count). The van der Waals surface area contributed by atoms with Gasteiger partial charge in [0.05, 0.1) is 11.1 Å². The first-order valence-corrected chi connectivity index (χ1v) is 9.72. The van der Waals surface area contributed by atoms with Crippen molar-refractivity contribution in [3.63, 3.8) is 0 Å². The SMILES string of the molecule is CN1CCC(N(C(=O)c2cccs2)c2ccn(-c3ccncc3F)n2)CC1. The number of carbonyl (C=O) groups is 1. The van der Waals surface area contributed by atoms with Crippen LogP contribution in [-0.2, 0) is 0 Å². The molecule has 0 saturated carbocycles. The largest absolute Gasteiger partial charge is 0.306 e. The van der Waals surface area contributed by atoms with Crippen LogP contribution < -0.4 is 4.90 Å². The third kappa shape index (κ3) is 3.63. The molecule has 140 valence electrons. The lowest BCUT2D eigenvalue weighted by Gasteiger charge is -2.36. The van der Waals surface area contributed by atoms with Gasteiger partial charge in [-0.1, -0.05) is 6.07 Å². The number of rotatable bonds is 4. The Morgan fingerprint density at radius 3 is 2.81 bits per heavy atom. The second-order valence-corrected chi connectivity index (χ2v) is 7.58. The van der Waals surface area contributed by atoms with Crippen LogP contribution >= 0.6 is 11.3 Å². The third-order valence-electron chi connectivity index (χ3n) is 4.82. The van der Waals surface area contributed by atoms with Crippen LogP contribution in [0.5, 0.6) is 0 Å². The van der Waals surface area contributed by atoms with Gasteiger partial charge in [-0.2, -0.15) is 0 Å². The summed E-state index contributed by atoms with van der Waals surface area (Å²) in [5.41, 5.74) is 0.308. The molecule has 0 atom stereocenters. The minimum Gasteiger partial charge on any atom is -0.306 e. The second kappa shape index (κ2) is 7.58. The van der Waals surface area contributed by atoms with Crippen molar-refractivity contribution in [1.82, 2.24) is 19.7 Å². The van der Waals surface area contributed by atoms with Gasteiger partial charge in [0.15, 0.2) is 11.6 Å². The van der Waals surface area contributed by atoms with E-state index in [4.69, 9.17) is 0 Å². The topological polar surface area (TPSA) is 54.3 Å². The summed E-state index contributed by atoms with van der Waals surface area (Å²) in [6.07, 6.45) is 6.11. The zero-order chi connectivity index (χ0) is 18.8.